The average Bonchev–Trinajstić information content (AvgIpc) is 2.86. The number of nitrogens with one attached hydrogen (secondary N) is 1. The SMILES string of the molecule is COc1cc(N2CCOCC2)ccc1/C=C1/SC(=S)NC1=O. The number of hydrogen-bond donors (Lipinski definition) is 1. The molecule has 1 aromatic rings. The second kappa shape index (κ2) is 6.68. The molecule has 1 aromatic carbocycles. The van der Waals surface area contributed by atoms with E-state index in [0.717, 1.165) is 43.3 Å². The number of amides is 1. The highest BCUT2D eigenvalue weighted by Crippen LogP contribution is 2.32. The lowest BCUT2D eigenvalue weighted by Crippen LogP contribution is -2.36. The summed E-state index contributed by atoms with van der Waals surface area (Å²) in [6.45, 7) is 3.22. The molecule has 0 aromatic heterocycles. The first-order valence-corrected chi connectivity index (χ1v) is 8.15. The number of ether oxygens (including phenoxy) is 2. The van der Waals surface area contributed by atoms with Crippen molar-refractivity contribution in [3.05, 3.63) is 28.7 Å². The molecule has 0 bridgehead atoms. The smallest absolute Gasteiger partial charge is 0.263 e. The van der Waals surface area contributed by atoms with Gasteiger partial charge >= 0.3 is 0 Å². The molecule has 2 fully saturated rings. The highest BCUT2D eigenvalue weighted by atomic mass is 32.2. The van der Waals surface area contributed by atoms with Crippen LogP contribution in [0.2, 0.25) is 0 Å². The minimum atomic E-state index is -0.158. The molecule has 1 N–H and O–H groups in total. The van der Waals surface area contributed by atoms with Crippen LogP contribution in [-0.2, 0) is 9.53 Å². The normalized spacial score (nSPS) is 20.4. The molecule has 0 atom stereocenters. The zero-order valence-corrected chi connectivity index (χ0v) is 13.8. The van der Waals surface area contributed by atoms with Crippen molar-refractivity contribution in [2.24, 2.45) is 0 Å². The first kappa shape index (κ1) is 15.3. The Hall–Kier alpha value is -1.57. The molecule has 22 heavy (non-hydrogen) atoms. The summed E-state index contributed by atoms with van der Waals surface area (Å²) in [6.07, 6.45) is 1.81. The Morgan fingerprint density at radius 1 is 1.41 bits per heavy atom. The Morgan fingerprint density at radius 2 is 2.18 bits per heavy atom. The molecule has 0 spiro atoms. The predicted molar refractivity (Wildman–Crippen MR) is 92.3 cm³/mol. The van der Waals surface area contributed by atoms with Crippen LogP contribution in [0.4, 0.5) is 5.69 Å². The first-order chi connectivity index (χ1) is 10.7. The van der Waals surface area contributed by atoms with Gasteiger partial charge in [0.15, 0.2) is 0 Å². The molecule has 0 saturated carbocycles. The van der Waals surface area contributed by atoms with Crippen LogP contribution in [0.3, 0.4) is 0 Å². The van der Waals surface area contributed by atoms with Crippen LogP contribution in [0.25, 0.3) is 6.08 Å². The molecule has 116 valence electrons. The summed E-state index contributed by atoms with van der Waals surface area (Å²) in [5.41, 5.74) is 1.96. The van der Waals surface area contributed by atoms with Crippen molar-refractivity contribution < 1.29 is 14.3 Å². The first-order valence-electron chi connectivity index (χ1n) is 6.93. The Morgan fingerprint density at radius 3 is 2.82 bits per heavy atom. The van der Waals surface area contributed by atoms with E-state index in [1.165, 1.54) is 11.8 Å². The van der Waals surface area contributed by atoms with Gasteiger partial charge in [0.25, 0.3) is 5.91 Å². The maximum Gasteiger partial charge on any atom is 0.263 e. The molecule has 2 aliphatic heterocycles. The Kier molecular flexibility index (Phi) is 4.66. The van der Waals surface area contributed by atoms with Crippen LogP contribution in [0.15, 0.2) is 23.1 Å². The quantitative estimate of drug-likeness (QED) is 0.673. The summed E-state index contributed by atoms with van der Waals surface area (Å²) >= 11 is 6.27. The topological polar surface area (TPSA) is 50.8 Å². The molecule has 2 heterocycles. The molecular formula is C15H16N2O3S2. The average molecular weight is 336 g/mol. The number of methoxy groups -OCH3 is 1. The highest BCUT2D eigenvalue weighted by molar-refractivity contribution is 8.26. The number of hydrogen-bond acceptors (Lipinski definition) is 6. The van der Waals surface area contributed by atoms with E-state index in [2.05, 4.69) is 10.2 Å². The van der Waals surface area contributed by atoms with E-state index in [0.29, 0.717) is 9.23 Å². The van der Waals surface area contributed by atoms with Crippen molar-refractivity contribution in [1.82, 2.24) is 5.32 Å². The van der Waals surface area contributed by atoms with Gasteiger partial charge in [0, 0.05) is 30.4 Å². The number of anilines is 1. The van der Waals surface area contributed by atoms with Crippen molar-refractivity contribution in [2.75, 3.05) is 38.3 Å². The minimum absolute atomic E-state index is 0.158. The molecule has 0 aliphatic carbocycles. The van der Waals surface area contributed by atoms with Gasteiger partial charge in [-0.05, 0) is 18.2 Å². The number of morpholine rings is 1. The molecule has 0 unspecified atom stereocenters. The molecule has 2 aliphatic rings. The second-order valence-corrected chi connectivity index (χ2v) is 6.60. The van der Waals surface area contributed by atoms with Crippen LogP contribution < -0.4 is 15.0 Å². The molecule has 5 nitrogen and oxygen atoms in total. The molecular weight excluding hydrogens is 320 g/mol. The monoisotopic (exact) mass is 336 g/mol. The molecule has 7 heteroatoms. The summed E-state index contributed by atoms with van der Waals surface area (Å²) in [5, 5.41) is 2.61. The third-order valence-corrected chi connectivity index (χ3v) is 4.68. The van der Waals surface area contributed by atoms with Crippen molar-refractivity contribution >= 4 is 46.0 Å². The summed E-state index contributed by atoms with van der Waals surface area (Å²) in [6, 6.07) is 6.00. The van der Waals surface area contributed by atoms with Crippen molar-refractivity contribution in [3.8, 4) is 5.75 Å². The third-order valence-electron chi connectivity index (χ3n) is 3.52. The zero-order valence-electron chi connectivity index (χ0n) is 12.1. The van der Waals surface area contributed by atoms with Gasteiger partial charge in [-0.15, -0.1) is 0 Å². The second-order valence-electron chi connectivity index (χ2n) is 4.88. The summed E-state index contributed by atoms with van der Waals surface area (Å²) < 4.78 is 11.3. The van der Waals surface area contributed by atoms with E-state index in [9.17, 15) is 4.79 Å². The summed E-state index contributed by atoms with van der Waals surface area (Å²) in [5.74, 6) is 0.581. The van der Waals surface area contributed by atoms with Crippen LogP contribution >= 0.6 is 24.0 Å². The number of carbonyl (C=O) groups excluding carboxylic acids is 1. The van der Waals surface area contributed by atoms with Gasteiger partial charge in [-0.1, -0.05) is 24.0 Å². The van der Waals surface area contributed by atoms with Crippen molar-refractivity contribution in [3.63, 3.8) is 0 Å². The molecule has 2 saturated heterocycles. The fourth-order valence-electron chi connectivity index (χ4n) is 2.40. The lowest BCUT2D eigenvalue weighted by atomic mass is 10.1. The number of carbonyl (C=O) groups is 1. The van der Waals surface area contributed by atoms with Gasteiger partial charge in [-0.3, -0.25) is 4.79 Å². The maximum absolute atomic E-state index is 11.8. The predicted octanol–water partition coefficient (Wildman–Crippen LogP) is 2.02. The van der Waals surface area contributed by atoms with Crippen molar-refractivity contribution in [2.45, 2.75) is 0 Å². The summed E-state index contributed by atoms with van der Waals surface area (Å²) in [4.78, 5) is 14.6. The van der Waals surface area contributed by atoms with Gasteiger partial charge in [-0.25, -0.2) is 0 Å². The Balaban J connectivity index is 1.87. The van der Waals surface area contributed by atoms with E-state index in [1.54, 1.807) is 13.2 Å². The molecule has 0 radical (unpaired) electrons. The van der Waals surface area contributed by atoms with Gasteiger partial charge in [0.2, 0.25) is 0 Å². The number of thiocarbonyl (C=S) groups is 1. The zero-order chi connectivity index (χ0) is 15.5. The van der Waals surface area contributed by atoms with Gasteiger partial charge in [-0.2, -0.15) is 0 Å². The van der Waals surface area contributed by atoms with Crippen LogP contribution in [-0.4, -0.2) is 43.6 Å². The van der Waals surface area contributed by atoms with E-state index in [4.69, 9.17) is 21.7 Å². The fraction of sp³-hybridized carbons (Fsp3) is 0.333. The number of nitrogens with zero attached hydrogens (tertiary/aromatic N) is 1. The van der Waals surface area contributed by atoms with E-state index in [1.807, 2.05) is 18.2 Å². The Bertz CT molecular complexity index is 640. The lowest BCUT2D eigenvalue weighted by molar-refractivity contribution is -0.115. The number of rotatable bonds is 3. The standard InChI is InChI=1S/C15H16N2O3S2/c1-19-12-9-11(17-4-6-20-7-5-17)3-2-10(12)8-13-14(18)16-15(21)22-13/h2-3,8-9H,4-7H2,1H3,(H,16,18,21)/b13-8+. The van der Waals surface area contributed by atoms with Gasteiger partial charge < -0.3 is 19.7 Å². The van der Waals surface area contributed by atoms with E-state index >= 15 is 0 Å². The number of thioether (sulfide) groups is 1. The lowest BCUT2D eigenvalue weighted by Gasteiger charge is -2.29. The van der Waals surface area contributed by atoms with Gasteiger partial charge in [0.05, 0.1) is 25.2 Å². The third kappa shape index (κ3) is 3.26. The van der Waals surface area contributed by atoms with Crippen molar-refractivity contribution in [1.29, 1.82) is 0 Å². The van der Waals surface area contributed by atoms with Gasteiger partial charge in [0.1, 0.15) is 10.1 Å². The highest BCUT2D eigenvalue weighted by Gasteiger charge is 2.22. The Labute approximate surface area is 138 Å². The van der Waals surface area contributed by atoms with Crippen LogP contribution in [0.5, 0.6) is 5.75 Å². The number of benzene rings is 1. The van der Waals surface area contributed by atoms with Crippen LogP contribution in [0, 0.1) is 0 Å². The minimum Gasteiger partial charge on any atom is -0.496 e. The largest absolute Gasteiger partial charge is 0.496 e. The van der Waals surface area contributed by atoms with E-state index < -0.39 is 0 Å². The molecule has 1 amide bonds. The summed E-state index contributed by atoms with van der Waals surface area (Å²) in [7, 11) is 1.63. The van der Waals surface area contributed by atoms with Crippen LogP contribution in [0.1, 0.15) is 5.56 Å². The maximum atomic E-state index is 11.8. The fourth-order valence-corrected chi connectivity index (χ4v) is 3.43. The molecule has 3 rings (SSSR count). The van der Waals surface area contributed by atoms with E-state index in [-0.39, 0.29) is 5.91 Å².